The standard InChI is InChI=1S/C11H10BrClS/c1-2-7-3-4-8-9(5-7)14-10(6-13)11(8)12/h3-5H,2,6H2,1H3. The van der Waals surface area contributed by atoms with Crippen LogP contribution in [-0.4, -0.2) is 0 Å². The molecule has 0 spiro atoms. The van der Waals surface area contributed by atoms with Crippen molar-refractivity contribution in [2.75, 3.05) is 0 Å². The smallest absolute Gasteiger partial charge is 0.0579 e. The summed E-state index contributed by atoms with van der Waals surface area (Å²) in [7, 11) is 0. The number of hydrogen-bond donors (Lipinski definition) is 0. The summed E-state index contributed by atoms with van der Waals surface area (Å²) in [6, 6.07) is 6.60. The Hall–Kier alpha value is -0.0500. The van der Waals surface area contributed by atoms with Gasteiger partial charge in [0.25, 0.3) is 0 Å². The lowest BCUT2D eigenvalue weighted by atomic mass is 10.1. The summed E-state index contributed by atoms with van der Waals surface area (Å²) in [6.45, 7) is 2.17. The Morgan fingerprint density at radius 1 is 1.43 bits per heavy atom. The zero-order valence-electron chi connectivity index (χ0n) is 7.81. The van der Waals surface area contributed by atoms with Gasteiger partial charge >= 0.3 is 0 Å². The number of aryl methyl sites for hydroxylation is 1. The van der Waals surface area contributed by atoms with Crippen LogP contribution < -0.4 is 0 Å². The van der Waals surface area contributed by atoms with Gasteiger partial charge in [-0.15, -0.1) is 22.9 Å². The number of hydrogen-bond acceptors (Lipinski definition) is 1. The molecule has 3 heteroatoms. The summed E-state index contributed by atoms with van der Waals surface area (Å²) >= 11 is 11.2. The van der Waals surface area contributed by atoms with E-state index in [-0.39, 0.29) is 0 Å². The molecule has 2 aromatic rings. The summed E-state index contributed by atoms with van der Waals surface area (Å²) in [5.74, 6) is 0.585. The van der Waals surface area contributed by atoms with Crippen LogP contribution in [0.1, 0.15) is 17.4 Å². The Kier molecular flexibility index (Phi) is 3.15. The van der Waals surface area contributed by atoms with E-state index in [4.69, 9.17) is 11.6 Å². The van der Waals surface area contributed by atoms with Gasteiger partial charge in [-0.25, -0.2) is 0 Å². The van der Waals surface area contributed by atoms with Crippen molar-refractivity contribution >= 4 is 49.0 Å². The van der Waals surface area contributed by atoms with Gasteiger partial charge in [-0.2, -0.15) is 0 Å². The van der Waals surface area contributed by atoms with Crippen molar-refractivity contribution in [3.8, 4) is 0 Å². The molecule has 0 bridgehead atoms. The van der Waals surface area contributed by atoms with Crippen molar-refractivity contribution in [2.45, 2.75) is 19.2 Å². The highest BCUT2D eigenvalue weighted by molar-refractivity contribution is 9.10. The summed E-state index contributed by atoms with van der Waals surface area (Å²) in [6.07, 6.45) is 1.08. The summed E-state index contributed by atoms with van der Waals surface area (Å²) in [5, 5.41) is 1.28. The molecular formula is C11H10BrClS. The largest absolute Gasteiger partial charge is 0.138 e. The molecule has 0 radical (unpaired) electrons. The van der Waals surface area contributed by atoms with Crippen LogP contribution in [0, 0.1) is 0 Å². The fourth-order valence-corrected chi connectivity index (χ4v) is 3.79. The summed E-state index contributed by atoms with van der Waals surface area (Å²) in [4.78, 5) is 1.22. The van der Waals surface area contributed by atoms with Crippen molar-refractivity contribution in [3.05, 3.63) is 33.1 Å². The van der Waals surface area contributed by atoms with Crippen LogP contribution in [0.5, 0.6) is 0 Å². The Morgan fingerprint density at radius 2 is 2.21 bits per heavy atom. The van der Waals surface area contributed by atoms with Crippen molar-refractivity contribution in [3.63, 3.8) is 0 Å². The van der Waals surface area contributed by atoms with E-state index in [0.717, 1.165) is 10.9 Å². The molecular weight excluding hydrogens is 280 g/mol. The van der Waals surface area contributed by atoms with Gasteiger partial charge in [-0.1, -0.05) is 19.1 Å². The number of fused-ring (bicyclic) bond motifs is 1. The van der Waals surface area contributed by atoms with E-state index in [2.05, 4.69) is 41.1 Å². The van der Waals surface area contributed by atoms with Gasteiger partial charge in [0.15, 0.2) is 0 Å². The number of alkyl halides is 1. The molecule has 0 nitrogen and oxygen atoms in total. The molecule has 0 amide bonds. The lowest BCUT2D eigenvalue weighted by molar-refractivity contribution is 1.15. The number of thiophene rings is 1. The van der Waals surface area contributed by atoms with Gasteiger partial charge in [0.1, 0.15) is 0 Å². The minimum absolute atomic E-state index is 0.585. The second kappa shape index (κ2) is 4.21. The van der Waals surface area contributed by atoms with Gasteiger partial charge in [-0.05, 0) is 34.0 Å². The molecule has 0 aliphatic rings. The quantitative estimate of drug-likeness (QED) is 0.685. The van der Waals surface area contributed by atoms with Crippen molar-refractivity contribution in [1.29, 1.82) is 0 Å². The minimum atomic E-state index is 0.585. The predicted octanol–water partition coefficient (Wildman–Crippen LogP) is 4.97. The predicted molar refractivity (Wildman–Crippen MR) is 68.5 cm³/mol. The molecule has 0 N–H and O–H groups in total. The molecule has 2 rings (SSSR count). The van der Waals surface area contributed by atoms with Gasteiger partial charge in [-0.3, -0.25) is 0 Å². The topological polar surface area (TPSA) is 0 Å². The van der Waals surface area contributed by atoms with E-state index in [9.17, 15) is 0 Å². The fraction of sp³-hybridized carbons (Fsp3) is 0.273. The zero-order chi connectivity index (χ0) is 10.1. The van der Waals surface area contributed by atoms with Crippen molar-refractivity contribution < 1.29 is 0 Å². The SMILES string of the molecule is CCc1ccc2c(Br)c(CCl)sc2c1. The highest BCUT2D eigenvalue weighted by Crippen LogP contribution is 2.36. The third kappa shape index (κ3) is 1.71. The van der Waals surface area contributed by atoms with Gasteiger partial charge in [0.05, 0.1) is 5.88 Å². The summed E-state index contributed by atoms with van der Waals surface area (Å²) < 4.78 is 2.49. The highest BCUT2D eigenvalue weighted by atomic mass is 79.9. The highest BCUT2D eigenvalue weighted by Gasteiger charge is 2.08. The average Bonchev–Trinajstić information content (AvgIpc) is 2.55. The van der Waals surface area contributed by atoms with E-state index in [1.54, 1.807) is 11.3 Å². The van der Waals surface area contributed by atoms with Crippen LogP contribution in [0.3, 0.4) is 0 Å². The van der Waals surface area contributed by atoms with E-state index in [1.807, 2.05) is 0 Å². The number of benzene rings is 1. The van der Waals surface area contributed by atoms with Crippen LogP contribution >= 0.6 is 38.9 Å². The monoisotopic (exact) mass is 288 g/mol. The maximum Gasteiger partial charge on any atom is 0.0579 e. The third-order valence-electron chi connectivity index (χ3n) is 2.29. The lowest BCUT2D eigenvalue weighted by Crippen LogP contribution is -1.76. The molecule has 0 saturated carbocycles. The average molecular weight is 290 g/mol. The van der Waals surface area contributed by atoms with Gasteiger partial charge < -0.3 is 0 Å². The lowest BCUT2D eigenvalue weighted by Gasteiger charge is -1.95. The van der Waals surface area contributed by atoms with Crippen LogP contribution in [0.2, 0.25) is 0 Å². The molecule has 0 atom stereocenters. The second-order valence-electron chi connectivity index (χ2n) is 3.16. The first-order valence-corrected chi connectivity index (χ1v) is 6.66. The fourth-order valence-electron chi connectivity index (χ4n) is 1.47. The third-order valence-corrected chi connectivity index (χ3v) is 5.04. The first-order valence-electron chi connectivity index (χ1n) is 4.52. The van der Waals surface area contributed by atoms with Crippen molar-refractivity contribution in [1.82, 2.24) is 0 Å². The zero-order valence-corrected chi connectivity index (χ0v) is 11.0. The molecule has 0 aliphatic heterocycles. The molecule has 74 valence electrons. The first kappa shape index (κ1) is 10.5. The molecule has 0 aliphatic carbocycles. The molecule has 1 heterocycles. The second-order valence-corrected chi connectivity index (χ2v) is 5.35. The van der Waals surface area contributed by atoms with E-state index in [1.165, 1.54) is 20.5 Å². The minimum Gasteiger partial charge on any atom is -0.138 e. The molecule has 1 aromatic heterocycles. The van der Waals surface area contributed by atoms with Crippen molar-refractivity contribution in [2.24, 2.45) is 0 Å². The maximum atomic E-state index is 5.86. The summed E-state index contributed by atoms with van der Waals surface area (Å²) in [5.41, 5.74) is 1.38. The molecule has 14 heavy (non-hydrogen) atoms. The van der Waals surface area contributed by atoms with Gasteiger partial charge in [0, 0.05) is 19.4 Å². The van der Waals surface area contributed by atoms with E-state index >= 15 is 0 Å². The van der Waals surface area contributed by atoms with Crippen LogP contribution in [-0.2, 0) is 12.3 Å². The number of rotatable bonds is 2. The maximum absolute atomic E-state index is 5.86. The Bertz CT molecular complexity index is 462. The number of halogens is 2. The van der Waals surface area contributed by atoms with Crippen LogP contribution in [0.15, 0.2) is 22.7 Å². The Morgan fingerprint density at radius 3 is 2.86 bits per heavy atom. The molecule has 0 unspecified atom stereocenters. The van der Waals surface area contributed by atoms with Gasteiger partial charge in [0.2, 0.25) is 0 Å². The molecule has 0 fully saturated rings. The van der Waals surface area contributed by atoms with E-state index < -0.39 is 0 Å². The van der Waals surface area contributed by atoms with Crippen LogP contribution in [0.25, 0.3) is 10.1 Å². The van der Waals surface area contributed by atoms with E-state index in [0.29, 0.717) is 5.88 Å². The first-order chi connectivity index (χ1) is 6.76. The normalized spacial score (nSPS) is 11.1. The van der Waals surface area contributed by atoms with Crippen LogP contribution in [0.4, 0.5) is 0 Å². The Labute approximate surface area is 101 Å². The molecule has 0 saturated heterocycles. The molecule has 1 aromatic carbocycles. The Balaban J connectivity index is 2.66.